The lowest BCUT2D eigenvalue weighted by atomic mass is 9.98. The molecule has 0 atom stereocenters. The van der Waals surface area contributed by atoms with Gasteiger partial charge in [0.25, 0.3) is 0 Å². The van der Waals surface area contributed by atoms with Gasteiger partial charge in [-0.3, -0.25) is 4.79 Å². The molecule has 76 valence electrons. The van der Waals surface area contributed by atoms with E-state index in [1.807, 2.05) is 6.92 Å². The van der Waals surface area contributed by atoms with E-state index in [0.29, 0.717) is 5.92 Å². The second-order valence-corrected chi connectivity index (χ2v) is 4.20. The number of carbonyl (C=O) groups is 1. The fourth-order valence-electron chi connectivity index (χ4n) is 1.72. The first-order valence-electron chi connectivity index (χ1n) is 5.13. The third kappa shape index (κ3) is 2.99. The van der Waals surface area contributed by atoms with E-state index >= 15 is 0 Å². The van der Waals surface area contributed by atoms with Crippen LogP contribution in [0, 0.1) is 11.8 Å². The van der Waals surface area contributed by atoms with Crippen molar-refractivity contribution >= 4 is 5.91 Å². The largest absolute Gasteiger partial charge is 0.356 e. The van der Waals surface area contributed by atoms with Crippen LogP contribution in [0.15, 0.2) is 0 Å². The normalized spacial score (nSPS) is 18.8. The minimum Gasteiger partial charge on any atom is -0.356 e. The number of hydrogen-bond acceptors (Lipinski definition) is 2. The molecule has 0 saturated carbocycles. The van der Waals surface area contributed by atoms with Crippen LogP contribution in [0.5, 0.6) is 0 Å². The van der Waals surface area contributed by atoms with Gasteiger partial charge in [-0.1, -0.05) is 13.8 Å². The minimum absolute atomic E-state index is 0.225. The molecule has 1 heterocycles. The van der Waals surface area contributed by atoms with Gasteiger partial charge in [0.1, 0.15) is 0 Å². The molecule has 0 radical (unpaired) electrons. The van der Waals surface area contributed by atoms with Gasteiger partial charge in [-0.05, 0) is 12.8 Å². The predicted octanol–water partition coefficient (Wildman–Crippen LogP) is 0.710. The molecule has 0 aromatic carbocycles. The van der Waals surface area contributed by atoms with Gasteiger partial charge in [-0.15, -0.1) is 0 Å². The van der Waals surface area contributed by atoms with E-state index in [4.69, 9.17) is 0 Å². The number of nitrogens with one attached hydrogen (secondary N) is 1. The molecule has 0 spiro atoms. The Bertz CT molecular complexity index is 174. The summed E-state index contributed by atoms with van der Waals surface area (Å²) in [5, 5.41) is 2.86. The van der Waals surface area contributed by atoms with Crippen molar-refractivity contribution < 1.29 is 4.79 Å². The highest BCUT2D eigenvalue weighted by molar-refractivity contribution is 5.79. The van der Waals surface area contributed by atoms with Crippen molar-refractivity contribution in [2.24, 2.45) is 11.8 Å². The Morgan fingerprint density at radius 3 is 2.62 bits per heavy atom. The molecule has 1 fully saturated rings. The number of carbonyl (C=O) groups excluding carboxylic acids is 1. The molecule has 0 aliphatic carbocycles. The molecule has 0 aromatic rings. The Balaban J connectivity index is 2.14. The fraction of sp³-hybridized carbons (Fsp3) is 0.900. The SMILES string of the molecule is CCNC(=O)C1CN(CC(C)C)C1. The molecule has 3 heteroatoms. The highest BCUT2D eigenvalue weighted by Gasteiger charge is 2.31. The van der Waals surface area contributed by atoms with E-state index in [9.17, 15) is 4.79 Å². The van der Waals surface area contributed by atoms with Crippen LogP contribution in [-0.2, 0) is 4.79 Å². The maximum absolute atomic E-state index is 11.3. The highest BCUT2D eigenvalue weighted by Crippen LogP contribution is 2.16. The van der Waals surface area contributed by atoms with Gasteiger partial charge >= 0.3 is 0 Å². The quantitative estimate of drug-likeness (QED) is 0.698. The van der Waals surface area contributed by atoms with Gasteiger partial charge in [0.2, 0.25) is 5.91 Å². The Labute approximate surface area is 80.5 Å². The molecule has 1 saturated heterocycles. The van der Waals surface area contributed by atoms with Gasteiger partial charge in [0.05, 0.1) is 5.92 Å². The zero-order chi connectivity index (χ0) is 9.84. The summed E-state index contributed by atoms with van der Waals surface area (Å²) in [5.74, 6) is 1.18. The first kappa shape index (κ1) is 10.5. The number of rotatable bonds is 4. The summed E-state index contributed by atoms with van der Waals surface area (Å²) in [6.07, 6.45) is 0. The second-order valence-electron chi connectivity index (χ2n) is 4.20. The lowest BCUT2D eigenvalue weighted by Gasteiger charge is -2.39. The van der Waals surface area contributed by atoms with Crippen molar-refractivity contribution in [2.75, 3.05) is 26.2 Å². The molecule has 1 aliphatic rings. The van der Waals surface area contributed by atoms with Crippen LogP contribution < -0.4 is 5.32 Å². The van der Waals surface area contributed by atoms with Gasteiger partial charge in [0, 0.05) is 26.2 Å². The first-order valence-corrected chi connectivity index (χ1v) is 5.13. The van der Waals surface area contributed by atoms with Crippen LogP contribution in [0.3, 0.4) is 0 Å². The lowest BCUT2D eigenvalue weighted by Crippen LogP contribution is -2.54. The number of nitrogens with zero attached hydrogens (tertiary/aromatic N) is 1. The highest BCUT2D eigenvalue weighted by atomic mass is 16.2. The molecule has 0 unspecified atom stereocenters. The maximum atomic E-state index is 11.3. The Hall–Kier alpha value is -0.570. The van der Waals surface area contributed by atoms with E-state index in [1.165, 1.54) is 0 Å². The van der Waals surface area contributed by atoms with Crippen molar-refractivity contribution in [2.45, 2.75) is 20.8 Å². The summed E-state index contributed by atoms with van der Waals surface area (Å²) in [4.78, 5) is 13.7. The van der Waals surface area contributed by atoms with Gasteiger partial charge in [0.15, 0.2) is 0 Å². The minimum atomic E-state index is 0.225. The topological polar surface area (TPSA) is 32.3 Å². The lowest BCUT2D eigenvalue weighted by molar-refractivity contribution is -0.130. The van der Waals surface area contributed by atoms with Crippen LogP contribution in [0.25, 0.3) is 0 Å². The van der Waals surface area contributed by atoms with Crippen molar-refractivity contribution in [3.63, 3.8) is 0 Å². The predicted molar refractivity (Wildman–Crippen MR) is 53.5 cm³/mol. The molecule has 3 nitrogen and oxygen atoms in total. The molecular formula is C10H20N2O. The Kier molecular flexibility index (Phi) is 3.72. The van der Waals surface area contributed by atoms with Crippen LogP contribution in [0.2, 0.25) is 0 Å². The molecule has 13 heavy (non-hydrogen) atoms. The van der Waals surface area contributed by atoms with E-state index in [-0.39, 0.29) is 11.8 Å². The summed E-state index contributed by atoms with van der Waals surface area (Å²) >= 11 is 0. The summed E-state index contributed by atoms with van der Waals surface area (Å²) in [6, 6.07) is 0. The van der Waals surface area contributed by atoms with Crippen LogP contribution in [-0.4, -0.2) is 37.0 Å². The third-order valence-corrected chi connectivity index (χ3v) is 2.30. The van der Waals surface area contributed by atoms with E-state index in [0.717, 1.165) is 26.2 Å². The van der Waals surface area contributed by atoms with Gasteiger partial charge in [-0.25, -0.2) is 0 Å². The average molecular weight is 184 g/mol. The van der Waals surface area contributed by atoms with Crippen LogP contribution in [0.4, 0.5) is 0 Å². The number of likely N-dealkylation sites (tertiary alicyclic amines) is 1. The van der Waals surface area contributed by atoms with E-state index in [2.05, 4.69) is 24.1 Å². The van der Waals surface area contributed by atoms with Crippen LogP contribution >= 0.6 is 0 Å². The second kappa shape index (κ2) is 4.61. The summed E-state index contributed by atoms with van der Waals surface area (Å²) < 4.78 is 0. The number of hydrogen-bond donors (Lipinski definition) is 1. The maximum Gasteiger partial charge on any atom is 0.225 e. The average Bonchev–Trinajstić information content (AvgIpc) is 1.95. The molecule has 0 bridgehead atoms. The summed E-state index contributed by atoms with van der Waals surface area (Å²) in [5.41, 5.74) is 0. The standard InChI is InChI=1S/C10H20N2O/c1-4-11-10(13)9-6-12(7-9)5-8(2)3/h8-9H,4-7H2,1-3H3,(H,11,13). The van der Waals surface area contributed by atoms with E-state index < -0.39 is 0 Å². The van der Waals surface area contributed by atoms with Gasteiger partial charge < -0.3 is 10.2 Å². The molecule has 1 N–H and O–H groups in total. The zero-order valence-electron chi connectivity index (χ0n) is 8.84. The summed E-state index contributed by atoms with van der Waals surface area (Å²) in [6.45, 7) is 10.1. The Morgan fingerprint density at radius 1 is 1.54 bits per heavy atom. The van der Waals surface area contributed by atoms with Crippen molar-refractivity contribution in [3.8, 4) is 0 Å². The Morgan fingerprint density at radius 2 is 2.15 bits per heavy atom. The molecule has 1 amide bonds. The monoisotopic (exact) mass is 184 g/mol. The summed E-state index contributed by atoms with van der Waals surface area (Å²) in [7, 11) is 0. The van der Waals surface area contributed by atoms with Crippen molar-refractivity contribution in [1.82, 2.24) is 10.2 Å². The smallest absolute Gasteiger partial charge is 0.225 e. The van der Waals surface area contributed by atoms with Crippen molar-refractivity contribution in [1.29, 1.82) is 0 Å². The fourth-order valence-corrected chi connectivity index (χ4v) is 1.72. The van der Waals surface area contributed by atoms with Crippen LogP contribution in [0.1, 0.15) is 20.8 Å². The molecule has 0 aromatic heterocycles. The first-order chi connectivity index (χ1) is 6.13. The molecular weight excluding hydrogens is 164 g/mol. The zero-order valence-corrected chi connectivity index (χ0v) is 8.84. The van der Waals surface area contributed by atoms with Crippen molar-refractivity contribution in [3.05, 3.63) is 0 Å². The molecule has 1 aliphatic heterocycles. The third-order valence-electron chi connectivity index (χ3n) is 2.30. The molecule has 1 rings (SSSR count). The van der Waals surface area contributed by atoms with Gasteiger partial charge in [-0.2, -0.15) is 0 Å². The number of amides is 1. The van der Waals surface area contributed by atoms with E-state index in [1.54, 1.807) is 0 Å².